The number of esters is 4. The monoisotopic (exact) mass is 606 g/mol. The number of carbonyl (C=O) groups excluding carboxylic acids is 5. The van der Waals surface area contributed by atoms with Crippen molar-refractivity contribution in [1.29, 1.82) is 0 Å². The lowest BCUT2D eigenvalue weighted by molar-refractivity contribution is -0.290. The van der Waals surface area contributed by atoms with Gasteiger partial charge in [0.1, 0.15) is 17.8 Å². The molecule has 2 bridgehead atoms. The Hall–Kier alpha value is -3.29. The number of rotatable bonds is 5. The molecule has 0 radical (unpaired) electrons. The Kier molecular flexibility index (Phi) is 7.14. The Morgan fingerprint density at radius 3 is 2.37 bits per heavy atom. The molecule has 2 saturated carbocycles. The first-order valence-electron chi connectivity index (χ1n) is 14.2. The largest absolute Gasteiger partial charge is 0.504 e. The zero-order chi connectivity index (χ0) is 32.0. The molecule has 10 atom stereocenters. The molecule has 2 aliphatic heterocycles. The lowest BCUT2D eigenvalue weighted by Gasteiger charge is -2.67. The number of methoxy groups -OCH3 is 1. The van der Waals surface area contributed by atoms with Crippen molar-refractivity contribution in [2.75, 3.05) is 13.7 Å². The molecule has 3 N–H and O–H groups in total. The predicted molar refractivity (Wildman–Crippen MR) is 143 cm³/mol. The van der Waals surface area contributed by atoms with Crippen LogP contribution in [-0.4, -0.2) is 94.3 Å². The fourth-order valence-corrected chi connectivity index (χ4v) is 8.81. The lowest BCUT2D eigenvalue weighted by Crippen LogP contribution is -2.79. The molecule has 13 nitrogen and oxygen atoms in total. The van der Waals surface area contributed by atoms with Crippen molar-refractivity contribution in [3.63, 3.8) is 0 Å². The summed E-state index contributed by atoms with van der Waals surface area (Å²) >= 11 is 0. The lowest BCUT2D eigenvalue weighted by atomic mass is 9.38. The van der Waals surface area contributed by atoms with Crippen molar-refractivity contribution in [3.8, 4) is 0 Å². The quantitative estimate of drug-likeness (QED) is 0.227. The number of fused-ring (bicyclic) bond motifs is 2. The van der Waals surface area contributed by atoms with Crippen LogP contribution in [0.1, 0.15) is 54.4 Å². The Balaban J connectivity index is 1.64. The molecule has 4 fully saturated rings. The summed E-state index contributed by atoms with van der Waals surface area (Å²) in [5.74, 6) is -7.48. The molecule has 2 saturated heterocycles. The number of aliphatic hydroxyl groups excluding tert-OH is 3. The van der Waals surface area contributed by atoms with Crippen LogP contribution in [0.2, 0.25) is 0 Å². The van der Waals surface area contributed by atoms with Crippen molar-refractivity contribution in [2.45, 2.75) is 90.0 Å². The van der Waals surface area contributed by atoms with E-state index in [1.54, 1.807) is 27.7 Å². The zero-order valence-electron chi connectivity index (χ0n) is 25.2. The molecule has 5 aliphatic rings. The highest BCUT2D eigenvalue weighted by Crippen LogP contribution is 2.72. The molecule has 5 rings (SSSR count). The zero-order valence-corrected chi connectivity index (χ0v) is 25.2. The Morgan fingerprint density at radius 1 is 1.12 bits per heavy atom. The van der Waals surface area contributed by atoms with Gasteiger partial charge < -0.3 is 39.0 Å². The SMILES string of the molecule is COC(=O)C12OCC34C(CC5C(C)=C(O)C(=O)CC5(C)C3C(O)C1O)OC(=O)C(OC(=O)/C=C(\C)C(C)(C)OC(C)=O)C24. The summed E-state index contributed by atoms with van der Waals surface area (Å²) in [6.07, 6.45) is -5.37. The van der Waals surface area contributed by atoms with Crippen molar-refractivity contribution >= 4 is 29.7 Å². The molecule has 0 aromatic heterocycles. The summed E-state index contributed by atoms with van der Waals surface area (Å²) in [6.45, 7) is 8.96. The predicted octanol–water partition coefficient (Wildman–Crippen LogP) is 0.839. The van der Waals surface area contributed by atoms with E-state index in [-0.39, 0.29) is 25.2 Å². The van der Waals surface area contributed by atoms with Crippen LogP contribution in [0, 0.1) is 28.6 Å². The van der Waals surface area contributed by atoms with Crippen LogP contribution in [-0.2, 0) is 47.7 Å². The number of hydrogen-bond acceptors (Lipinski definition) is 13. The minimum atomic E-state index is -2.31. The van der Waals surface area contributed by atoms with Crippen LogP contribution in [0.25, 0.3) is 0 Å². The summed E-state index contributed by atoms with van der Waals surface area (Å²) < 4.78 is 28.0. The van der Waals surface area contributed by atoms with Crippen molar-refractivity contribution in [1.82, 2.24) is 0 Å². The van der Waals surface area contributed by atoms with Crippen LogP contribution in [0.3, 0.4) is 0 Å². The molecule has 13 heteroatoms. The average Bonchev–Trinajstić information content (AvgIpc) is 3.21. The van der Waals surface area contributed by atoms with Crippen molar-refractivity contribution < 1.29 is 63.0 Å². The van der Waals surface area contributed by atoms with E-state index in [9.17, 15) is 39.3 Å². The number of ketones is 1. The number of carbonyl (C=O) groups is 5. The van der Waals surface area contributed by atoms with E-state index in [2.05, 4.69) is 0 Å². The third-order valence-electron chi connectivity index (χ3n) is 10.8. The Bertz CT molecular complexity index is 1360. The number of aliphatic hydroxyl groups is 3. The first kappa shape index (κ1) is 31.1. The van der Waals surface area contributed by atoms with Crippen LogP contribution >= 0.6 is 0 Å². The van der Waals surface area contributed by atoms with Gasteiger partial charge in [0.05, 0.1) is 25.7 Å². The van der Waals surface area contributed by atoms with Gasteiger partial charge >= 0.3 is 23.9 Å². The maximum absolute atomic E-state index is 13.7. The van der Waals surface area contributed by atoms with E-state index in [0.29, 0.717) is 11.1 Å². The van der Waals surface area contributed by atoms with Gasteiger partial charge in [-0.15, -0.1) is 0 Å². The summed E-state index contributed by atoms with van der Waals surface area (Å²) in [4.78, 5) is 64.9. The topological polar surface area (TPSA) is 192 Å². The summed E-state index contributed by atoms with van der Waals surface area (Å²) in [5.41, 5.74) is -5.29. The molecule has 2 heterocycles. The van der Waals surface area contributed by atoms with Crippen molar-refractivity contribution in [2.24, 2.45) is 28.6 Å². The number of ether oxygens (including phenoxy) is 5. The maximum atomic E-state index is 13.7. The second kappa shape index (κ2) is 9.86. The van der Waals surface area contributed by atoms with Crippen molar-refractivity contribution in [3.05, 3.63) is 23.0 Å². The number of Topliss-reactive ketones (excluding diaryl/α,β-unsaturated/α-hetero) is 1. The normalized spacial score (nSPS) is 42.0. The van der Waals surface area contributed by atoms with Gasteiger partial charge in [-0.2, -0.15) is 0 Å². The minimum absolute atomic E-state index is 0.123. The molecule has 10 unspecified atom stereocenters. The molecule has 236 valence electrons. The fourth-order valence-electron chi connectivity index (χ4n) is 8.81. The van der Waals surface area contributed by atoms with E-state index >= 15 is 0 Å². The maximum Gasteiger partial charge on any atom is 0.348 e. The van der Waals surface area contributed by atoms with E-state index in [4.69, 9.17) is 23.7 Å². The summed E-state index contributed by atoms with van der Waals surface area (Å²) in [7, 11) is 1.06. The Morgan fingerprint density at radius 2 is 1.77 bits per heavy atom. The minimum Gasteiger partial charge on any atom is -0.504 e. The summed E-state index contributed by atoms with van der Waals surface area (Å²) in [5, 5.41) is 33.9. The van der Waals surface area contributed by atoms with E-state index in [1.807, 2.05) is 0 Å². The Labute approximate surface area is 248 Å². The molecule has 0 amide bonds. The second-order valence-electron chi connectivity index (χ2n) is 13.2. The van der Waals surface area contributed by atoms with Crippen LogP contribution in [0.4, 0.5) is 0 Å². The van der Waals surface area contributed by atoms with E-state index < -0.39 is 93.9 Å². The van der Waals surface area contributed by atoms with Gasteiger partial charge in [0.25, 0.3) is 0 Å². The third kappa shape index (κ3) is 4.03. The molecular weight excluding hydrogens is 568 g/mol. The highest BCUT2D eigenvalue weighted by molar-refractivity contribution is 5.95. The molecule has 43 heavy (non-hydrogen) atoms. The molecule has 0 aromatic rings. The van der Waals surface area contributed by atoms with Gasteiger partial charge in [-0.25, -0.2) is 14.4 Å². The first-order valence-corrected chi connectivity index (χ1v) is 14.2. The van der Waals surface area contributed by atoms with E-state index in [0.717, 1.165) is 13.2 Å². The van der Waals surface area contributed by atoms with E-state index in [1.165, 1.54) is 13.8 Å². The highest BCUT2D eigenvalue weighted by atomic mass is 16.6. The molecule has 3 aliphatic carbocycles. The number of allylic oxidation sites excluding steroid dienone is 2. The molecule has 0 aromatic carbocycles. The van der Waals surface area contributed by atoms with Crippen LogP contribution in [0.5, 0.6) is 0 Å². The van der Waals surface area contributed by atoms with Crippen LogP contribution in [0.15, 0.2) is 23.0 Å². The second-order valence-corrected chi connectivity index (χ2v) is 13.2. The van der Waals surface area contributed by atoms with Gasteiger partial charge in [-0.05, 0) is 56.6 Å². The van der Waals surface area contributed by atoms with Gasteiger partial charge in [-0.3, -0.25) is 9.59 Å². The smallest absolute Gasteiger partial charge is 0.348 e. The summed E-state index contributed by atoms with van der Waals surface area (Å²) in [6, 6.07) is 0. The van der Waals surface area contributed by atoms with Gasteiger partial charge in [0.2, 0.25) is 11.7 Å². The first-order chi connectivity index (χ1) is 19.9. The third-order valence-corrected chi connectivity index (χ3v) is 10.8. The molecule has 1 spiro atoms. The highest BCUT2D eigenvalue weighted by Gasteiger charge is 2.85. The number of hydrogen-bond donors (Lipinski definition) is 3. The average molecular weight is 607 g/mol. The van der Waals surface area contributed by atoms with Gasteiger partial charge in [0.15, 0.2) is 11.5 Å². The van der Waals surface area contributed by atoms with Crippen LogP contribution < -0.4 is 0 Å². The fraction of sp³-hybridized carbons (Fsp3) is 0.700. The molecular formula is C30H38O13. The van der Waals surface area contributed by atoms with Gasteiger partial charge in [0, 0.05) is 30.8 Å². The standard InChI is InChI=1S/C30H38O13/c1-12(27(4,5)43-14(3)31)8-18(33)42-21-23-29-11-40-30(23,26(38)39-7)24(36)20(35)22(29)28(6)10-16(32)19(34)13(2)15(28)9-17(29)41-25(21)37/h8,15,17,20-24,34-36H,9-11H2,1-7H3/b12-8+. The van der Waals surface area contributed by atoms with Gasteiger partial charge in [-0.1, -0.05) is 6.92 Å².